The molecule has 0 aliphatic carbocycles. The highest BCUT2D eigenvalue weighted by Gasteiger charge is 2.42. The van der Waals surface area contributed by atoms with E-state index in [1.165, 1.54) is 0 Å². The van der Waals surface area contributed by atoms with Crippen molar-refractivity contribution in [2.75, 3.05) is 6.54 Å². The Morgan fingerprint density at radius 3 is 2.28 bits per heavy atom. The second kappa shape index (κ2) is 6.73. The summed E-state index contributed by atoms with van der Waals surface area (Å²) in [6.45, 7) is 4.50. The number of rotatable bonds is 7. The summed E-state index contributed by atoms with van der Waals surface area (Å²) in [5.74, 6) is -1.13. The monoisotopic (exact) mass is 256 g/mol. The predicted molar refractivity (Wildman–Crippen MR) is 69.4 cm³/mol. The molecule has 0 unspecified atom stereocenters. The van der Waals surface area contributed by atoms with Crippen molar-refractivity contribution in [2.24, 2.45) is 0 Å². The Kier molecular flexibility index (Phi) is 5.59. The molecule has 1 fully saturated rings. The zero-order valence-electron chi connectivity index (χ0n) is 11.3. The number of hydrogen-bond donors (Lipinski definition) is 3. The van der Waals surface area contributed by atoms with Gasteiger partial charge in [0.1, 0.15) is 6.04 Å². The van der Waals surface area contributed by atoms with Crippen LogP contribution in [0.15, 0.2) is 0 Å². The van der Waals surface area contributed by atoms with Crippen LogP contribution in [0.1, 0.15) is 52.4 Å². The molecule has 1 amide bonds. The summed E-state index contributed by atoms with van der Waals surface area (Å²) in [5.41, 5.74) is -0.558. The normalized spacial score (nSPS) is 22.6. The fourth-order valence-electron chi connectivity index (χ4n) is 2.36. The Balaban J connectivity index is 2.71. The summed E-state index contributed by atoms with van der Waals surface area (Å²) in [6, 6.07) is -0.797. The molecule has 3 N–H and O–H groups in total. The quantitative estimate of drug-likeness (QED) is 0.641. The number of carbonyl (C=O) groups is 2. The first-order valence-corrected chi connectivity index (χ1v) is 6.84. The summed E-state index contributed by atoms with van der Waals surface area (Å²) >= 11 is 0. The maximum Gasteiger partial charge on any atom is 0.327 e. The smallest absolute Gasteiger partial charge is 0.327 e. The SMILES string of the molecule is CCCCC1(CCCC)NC[C@H](C(=O)O)NC1=O. The van der Waals surface area contributed by atoms with Gasteiger partial charge in [-0.15, -0.1) is 0 Å². The van der Waals surface area contributed by atoms with Crippen LogP contribution in [-0.2, 0) is 9.59 Å². The molecule has 1 heterocycles. The molecule has 0 spiro atoms. The minimum atomic E-state index is -0.976. The summed E-state index contributed by atoms with van der Waals surface area (Å²) in [6.07, 6.45) is 5.57. The number of aliphatic carboxylic acids is 1. The van der Waals surface area contributed by atoms with Gasteiger partial charge in [0.15, 0.2) is 0 Å². The molecule has 0 aromatic rings. The summed E-state index contributed by atoms with van der Waals surface area (Å²) < 4.78 is 0. The standard InChI is InChI=1S/C13H24N2O3/c1-3-5-7-13(8-6-4-2)12(18)15-10(9-14-13)11(16)17/h10,14H,3-9H2,1-2H3,(H,15,18)(H,16,17)/t10-/m1/s1. The van der Waals surface area contributed by atoms with Crippen molar-refractivity contribution < 1.29 is 14.7 Å². The summed E-state index contributed by atoms with van der Waals surface area (Å²) in [7, 11) is 0. The van der Waals surface area contributed by atoms with Crippen LogP contribution in [-0.4, -0.2) is 35.1 Å². The Morgan fingerprint density at radius 1 is 1.33 bits per heavy atom. The van der Waals surface area contributed by atoms with Gasteiger partial charge in [0.2, 0.25) is 5.91 Å². The number of amides is 1. The number of piperazine rings is 1. The molecule has 104 valence electrons. The van der Waals surface area contributed by atoms with E-state index in [1.807, 2.05) is 0 Å². The molecule has 0 saturated carbocycles. The van der Waals surface area contributed by atoms with Crippen LogP contribution < -0.4 is 10.6 Å². The molecule has 18 heavy (non-hydrogen) atoms. The van der Waals surface area contributed by atoms with Gasteiger partial charge in [-0.2, -0.15) is 0 Å². The number of carbonyl (C=O) groups excluding carboxylic acids is 1. The van der Waals surface area contributed by atoms with Gasteiger partial charge in [-0.25, -0.2) is 4.79 Å². The summed E-state index contributed by atoms with van der Waals surface area (Å²) in [4.78, 5) is 23.1. The van der Waals surface area contributed by atoms with Gasteiger partial charge in [0.05, 0.1) is 5.54 Å². The number of carboxylic acid groups (broad SMARTS) is 1. The molecular formula is C13H24N2O3. The average molecular weight is 256 g/mol. The lowest BCUT2D eigenvalue weighted by atomic mass is 9.84. The van der Waals surface area contributed by atoms with E-state index in [2.05, 4.69) is 24.5 Å². The fourth-order valence-corrected chi connectivity index (χ4v) is 2.36. The van der Waals surface area contributed by atoms with Crippen molar-refractivity contribution in [3.05, 3.63) is 0 Å². The van der Waals surface area contributed by atoms with Crippen LogP contribution >= 0.6 is 0 Å². The zero-order chi connectivity index (χ0) is 13.6. The third kappa shape index (κ3) is 3.45. The lowest BCUT2D eigenvalue weighted by Crippen LogP contribution is -2.68. The van der Waals surface area contributed by atoms with Gasteiger partial charge in [0, 0.05) is 6.54 Å². The topological polar surface area (TPSA) is 78.4 Å². The van der Waals surface area contributed by atoms with E-state index in [0.29, 0.717) is 6.54 Å². The van der Waals surface area contributed by atoms with Crippen LogP contribution in [0.3, 0.4) is 0 Å². The molecule has 1 atom stereocenters. The second-order valence-corrected chi connectivity index (χ2v) is 5.03. The van der Waals surface area contributed by atoms with E-state index in [0.717, 1.165) is 38.5 Å². The highest BCUT2D eigenvalue weighted by molar-refractivity contribution is 5.91. The molecule has 0 bridgehead atoms. The van der Waals surface area contributed by atoms with Crippen LogP contribution in [0, 0.1) is 0 Å². The van der Waals surface area contributed by atoms with Gasteiger partial charge in [-0.1, -0.05) is 39.5 Å². The second-order valence-electron chi connectivity index (χ2n) is 5.03. The first kappa shape index (κ1) is 15.0. The fraction of sp³-hybridized carbons (Fsp3) is 0.846. The number of nitrogens with one attached hydrogen (secondary N) is 2. The molecule has 1 saturated heterocycles. The lowest BCUT2D eigenvalue weighted by molar-refractivity contribution is -0.145. The zero-order valence-corrected chi connectivity index (χ0v) is 11.3. The van der Waals surface area contributed by atoms with Gasteiger partial charge in [-0.05, 0) is 12.8 Å². The van der Waals surface area contributed by atoms with Crippen molar-refractivity contribution in [1.82, 2.24) is 10.6 Å². The van der Waals surface area contributed by atoms with E-state index < -0.39 is 17.6 Å². The maximum atomic E-state index is 12.2. The third-order valence-electron chi connectivity index (χ3n) is 3.60. The molecule has 0 radical (unpaired) electrons. The average Bonchev–Trinajstić information content (AvgIpc) is 2.36. The minimum Gasteiger partial charge on any atom is -0.480 e. The molecule has 1 rings (SSSR count). The Hall–Kier alpha value is -1.10. The van der Waals surface area contributed by atoms with Gasteiger partial charge in [-0.3, -0.25) is 4.79 Å². The number of carboxylic acids is 1. The molecule has 1 aliphatic heterocycles. The number of unbranched alkanes of at least 4 members (excludes halogenated alkanes) is 2. The van der Waals surface area contributed by atoms with Crippen LogP contribution in [0.2, 0.25) is 0 Å². The van der Waals surface area contributed by atoms with E-state index in [1.54, 1.807) is 0 Å². The van der Waals surface area contributed by atoms with Crippen LogP contribution in [0.25, 0.3) is 0 Å². The largest absolute Gasteiger partial charge is 0.480 e. The Morgan fingerprint density at radius 2 is 1.89 bits per heavy atom. The van der Waals surface area contributed by atoms with Crippen molar-refractivity contribution >= 4 is 11.9 Å². The third-order valence-corrected chi connectivity index (χ3v) is 3.60. The molecular weight excluding hydrogens is 232 g/mol. The van der Waals surface area contributed by atoms with Crippen LogP contribution in [0.5, 0.6) is 0 Å². The van der Waals surface area contributed by atoms with E-state index in [4.69, 9.17) is 5.11 Å². The van der Waals surface area contributed by atoms with Crippen molar-refractivity contribution in [1.29, 1.82) is 0 Å². The Bertz CT molecular complexity index is 297. The highest BCUT2D eigenvalue weighted by Crippen LogP contribution is 2.24. The van der Waals surface area contributed by atoms with Gasteiger partial charge in [0.25, 0.3) is 0 Å². The Labute approximate surface area is 108 Å². The van der Waals surface area contributed by atoms with E-state index in [9.17, 15) is 9.59 Å². The highest BCUT2D eigenvalue weighted by atomic mass is 16.4. The first-order chi connectivity index (χ1) is 8.55. The summed E-state index contributed by atoms with van der Waals surface area (Å²) in [5, 5.41) is 14.7. The minimum absolute atomic E-state index is 0.150. The molecule has 5 heteroatoms. The molecule has 0 aromatic carbocycles. The van der Waals surface area contributed by atoms with E-state index in [-0.39, 0.29) is 5.91 Å². The molecule has 0 aromatic heterocycles. The number of hydrogen-bond acceptors (Lipinski definition) is 3. The van der Waals surface area contributed by atoms with E-state index >= 15 is 0 Å². The van der Waals surface area contributed by atoms with Crippen molar-refractivity contribution in [2.45, 2.75) is 64.0 Å². The van der Waals surface area contributed by atoms with Gasteiger partial charge >= 0.3 is 5.97 Å². The lowest BCUT2D eigenvalue weighted by Gasteiger charge is -2.39. The van der Waals surface area contributed by atoms with Crippen LogP contribution in [0.4, 0.5) is 0 Å². The molecule has 5 nitrogen and oxygen atoms in total. The maximum absolute atomic E-state index is 12.2. The van der Waals surface area contributed by atoms with Crippen molar-refractivity contribution in [3.8, 4) is 0 Å². The van der Waals surface area contributed by atoms with Crippen molar-refractivity contribution in [3.63, 3.8) is 0 Å². The molecule has 1 aliphatic rings. The predicted octanol–water partition coefficient (Wildman–Crippen LogP) is 1.28. The first-order valence-electron chi connectivity index (χ1n) is 6.84. The van der Waals surface area contributed by atoms with Gasteiger partial charge < -0.3 is 15.7 Å².